The first kappa shape index (κ1) is 36.2. The maximum atomic E-state index is 18.6. The topological polar surface area (TPSA) is 84.0 Å². The summed E-state index contributed by atoms with van der Waals surface area (Å²) in [5.41, 5.74) is 5.89. The molecule has 0 saturated carbocycles. The van der Waals surface area contributed by atoms with Crippen molar-refractivity contribution in [2.45, 2.75) is 56.2 Å². The molecular weight excluding hydrogens is 769 g/mol. The van der Waals surface area contributed by atoms with Crippen LogP contribution < -0.4 is 11.0 Å². The smallest absolute Gasteiger partial charge is 0.363 e. The van der Waals surface area contributed by atoms with Crippen molar-refractivity contribution in [3.05, 3.63) is 129 Å². The van der Waals surface area contributed by atoms with Crippen LogP contribution in [0.1, 0.15) is 63.8 Å². The van der Waals surface area contributed by atoms with Crippen molar-refractivity contribution in [1.82, 2.24) is 7.10 Å². The van der Waals surface area contributed by atoms with Crippen LogP contribution >= 0.6 is 34.8 Å². The number of aliphatic imine (C=N–C) groups is 4. The molecule has 0 saturated heterocycles. The Morgan fingerprint density at radius 3 is 1.64 bits per heavy atom. The Balaban J connectivity index is 1.50. The van der Waals surface area contributed by atoms with E-state index in [4.69, 9.17) is 64.8 Å². The van der Waals surface area contributed by atoms with Gasteiger partial charge in [0, 0.05) is 50.0 Å². The minimum atomic E-state index is -3.94. The highest BCUT2D eigenvalue weighted by Gasteiger charge is 2.43. The van der Waals surface area contributed by atoms with Gasteiger partial charge in [-0.05, 0) is 27.7 Å². The Morgan fingerprint density at radius 1 is 0.636 bits per heavy atom. The van der Waals surface area contributed by atoms with Gasteiger partial charge in [-0.1, -0.05) is 112 Å². The number of fused-ring (bicyclic) bond motifs is 10. The molecule has 7 aliphatic rings. The average molecular weight is 804 g/mol. The summed E-state index contributed by atoms with van der Waals surface area (Å²) < 4.78 is 21.9. The van der Waals surface area contributed by atoms with Gasteiger partial charge in [0.1, 0.15) is 22.6 Å². The summed E-state index contributed by atoms with van der Waals surface area (Å²) in [6.07, 6.45) is 28.8. The summed E-state index contributed by atoms with van der Waals surface area (Å²) in [6, 6.07) is 0. The zero-order valence-corrected chi connectivity index (χ0v) is 34.5. The van der Waals surface area contributed by atoms with Gasteiger partial charge in [0.05, 0.1) is 14.6 Å². The van der Waals surface area contributed by atoms with Crippen LogP contribution in [-0.2, 0) is 0 Å². The molecule has 0 N–H and O–H groups in total. The molecule has 2 aromatic heterocycles. The molecule has 6 bridgehead atoms. The third-order valence-electron chi connectivity index (χ3n) is 10.2. The lowest BCUT2D eigenvalue weighted by atomic mass is 9.93. The lowest BCUT2D eigenvalue weighted by molar-refractivity contribution is 0.633. The van der Waals surface area contributed by atoms with Crippen LogP contribution in [-0.4, -0.2) is 60.1 Å². The van der Waals surface area contributed by atoms with E-state index in [0.29, 0.717) is 79.4 Å². The van der Waals surface area contributed by atoms with Crippen molar-refractivity contribution in [2.24, 2.45) is 35.4 Å². The number of alkyl halides is 3. The van der Waals surface area contributed by atoms with E-state index in [1.54, 1.807) is 13.2 Å². The van der Waals surface area contributed by atoms with Crippen LogP contribution in [0.5, 0.6) is 0 Å². The average Bonchev–Trinajstić information content (AvgIpc) is 3.66. The summed E-state index contributed by atoms with van der Waals surface area (Å²) in [4.78, 5) is 28.7. The Morgan fingerprint density at radius 2 is 1.09 bits per heavy atom. The van der Waals surface area contributed by atoms with E-state index in [1.807, 2.05) is 101 Å². The summed E-state index contributed by atoms with van der Waals surface area (Å²) in [7, 11) is 0. The second-order valence-corrected chi connectivity index (χ2v) is 20.1. The van der Waals surface area contributed by atoms with Crippen molar-refractivity contribution >= 4 is 109 Å². The van der Waals surface area contributed by atoms with Gasteiger partial charge in [-0.25, -0.2) is 30.0 Å². The number of amidine groups is 4. The van der Waals surface area contributed by atoms with Crippen molar-refractivity contribution in [1.29, 1.82) is 0 Å². The Labute approximate surface area is 338 Å². The molecule has 2 atom stereocenters. The normalized spacial score (nSPS) is 25.3. The standard InChI is InChI=1S/C42H35Cl3N8.Al.FH/c1-8-23-24(11-18-40(4,5)43)32-46-31(23)47-33-25-9-16-39(2,3)17-10-26(25)34(49-33)50-36-29-14-21-42(7,45)22-15-30(29)38(52-36)53-37-28-13-20-41(6,44)19-12-27(28)35(48-32)51-37;;/h8-22H,1H2,2-7H3;;1H/q-2;+3;/p-1/b18-11-;;. The molecule has 0 spiro atoms. The molecule has 3 aliphatic carbocycles. The monoisotopic (exact) mass is 802 g/mol. The number of halogens is 4. The predicted molar refractivity (Wildman–Crippen MR) is 228 cm³/mol. The van der Waals surface area contributed by atoms with Crippen LogP contribution in [0.3, 0.4) is 0 Å². The molecule has 8 nitrogen and oxygen atoms in total. The lowest BCUT2D eigenvalue weighted by Crippen LogP contribution is -2.44. The van der Waals surface area contributed by atoms with Gasteiger partial charge in [-0.3, -0.25) is 0 Å². The Bertz CT molecular complexity index is 2740. The molecule has 9 rings (SSSR count). The zero-order valence-electron chi connectivity index (χ0n) is 31.0. The summed E-state index contributed by atoms with van der Waals surface area (Å²) >= 11 is 16.5. The van der Waals surface area contributed by atoms with E-state index in [0.717, 1.165) is 11.1 Å². The first-order valence-electron chi connectivity index (χ1n) is 18.0. The first-order chi connectivity index (χ1) is 25.9. The van der Waals surface area contributed by atoms with Crippen molar-refractivity contribution < 1.29 is 3.52 Å². The second-order valence-electron chi connectivity index (χ2n) is 15.8. The van der Waals surface area contributed by atoms with Gasteiger partial charge in [0.2, 0.25) is 0 Å². The highest BCUT2D eigenvalue weighted by molar-refractivity contribution is 6.49. The number of aromatic nitrogens is 2. The minimum Gasteiger partial charge on any atom is -0.363 e. The van der Waals surface area contributed by atoms with Gasteiger partial charge in [-0.15, -0.1) is 34.8 Å². The van der Waals surface area contributed by atoms with Gasteiger partial charge in [0.25, 0.3) is 0 Å². The fourth-order valence-electron chi connectivity index (χ4n) is 7.22. The van der Waals surface area contributed by atoms with Crippen LogP contribution in [0.15, 0.2) is 126 Å². The van der Waals surface area contributed by atoms with E-state index in [1.165, 1.54) is 0 Å². The van der Waals surface area contributed by atoms with Gasteiger partial charge < -0.3 is 10.6 Å². The van der Waals surface area contributed by atoms with Crippen LogP contribution in [0.25, 0.3) is 24.3 Å². The highest BCUT2D eigenvalue weighted by atomic mass is 35.5. The molecule has 55 heavy (non-hydrogen) atoms. The van der Waals surface area contributed by atoms with E-state index in [-0.39, 0.29) is 5.41 Å². The number of hydrogen-bond acceptors (Lipinski definition) is 6. The summed E-state index contributed by atoms with van der Waals surface area (Å²) in [6.45, 7) is 15.9. The van der Waals surface area contributed by atoms with Crippen molar-refractivity contribution in [3.8, 4) is 0 Å². The Kier molecular flexibility index (Phi) is 8.09. The van der Waals surface area contributed by atoms with Gasteiger partial charge in [0.15, 0.2) is 23.3 Å². The van der Waals surface area contributed by atoms with Crippen LogP contribution in [0.2, 0.25) is 0 Å². The van der Waals surface area contributed by atoms with Gasteiger partial charge in [-0.2, -0.15) is 0 Å². The maximum Gasteiger partial charge on any atom is 0.852 e. The molecular formula is C42H35AlCl3FN8. The minimum absolute atomic E-state index is 0.300. The van der Waals surface area contributed by atoms with E-state index < -0.39 is 29.7 Å². The first-order valence-corrected chi connectivity index (χ1v) is 20.6. The van der Waals surface area contributed by atoms with E-state index in [9.17, 15) is 0 Å². The molecule has 4 aliphatic heterocycles. The molecule has 6 heterocycles. The third kappa shape index (κ3) is 6.10. The number of rotatable bonds is 3. The SMILES string of the molecule is C=CC1=C(/C=C\C(C)(C)Cl)C2=Nc3c4c(c5[n]3[Al]([F])[n]3c(c6c(c3=NC1=N2)C=CC(C)(C)C=C6)=NC1=NC(=N5)C2=C1C=CC(C)(Cl)C=C2)C=CC(C)(Cl)C=C4. The Hall–Kier alpha value is -4.43. The molecule has 0 amide bonds. The van der Waals surface area contributed by atoms with Gasteiger partial charge >= 0.3 is 15.0 Å². The maximum absolute atomic E-state index is 18.6. The van der Waals surface area contributed by atoms with Crippen LogP contribution in [0.4, 0.5) is 15.2 Å². The molecule has 0 fully saturated rings. The number of hydrogen-bond donors (Lipinski definition) is 0. The van der Waals surface area contributed by atoms with Crippen molar-refractivity contribution in [2.75, 3.05) is 0 Å². The fraction of sp³-hybridized carbons (Fsp3) is 0.238. The second kappa shape index (κ2) is 12.3. The predicted octanol–water partition coefficient (Wildman–Crippen LogP) is 9.37. The largest absolute Gasteiger partial charge is 0.852 e. The van der Waals surface area contributed by atoms with E-state index in [2.05, 4.69) is 32.6 Å². The molecule has 0 aromatic carbocycles. The number of nitrogens with zero attached hydrogens (tertiary/aromatic N) is 8. The number of allylic oxidation sites excluding steroid dienone is 7. The van der Waals surface area contributed by atoms with Crippen LogP contribution in [0, 0.1) is 5.41 Å². The van der Waals surface area contributed by atoms with E-state index >= 15 is 3.52 Å². The van der Waals surface area contributed by atoms with Crippen molar-refractivity contribution in [3.63, 3.8) is 0 Å². The summed E-state index contributed by atoms with van der Waals surface area (Å²) in [5.74, 6) is 2.13. The quantitative estimate of drug-likeness (QED) is 0.219. The molecule has 0 radical (unpaired) electrons. The molecule has 13 heteroatoms. The third-order valence-corrected chi connectivity index (χ3v) is 12.7. The zero-order chi connectivity index (χ0) is 38.8. The lowest BCUT2D eigenvalue weighted by Gasteiger charge is -2.15. The summed E-state index contributed by atoms with van der Waals surface area (Å²) in [5, 5.41) is 0. The molecule has 2 unspecified atom stereocenters. The molecule has 274 valence electrons. The fourth-order valence-corrected chi connectivity index (χ4v) is 9.36. The molecule has 2 aromatic rings. The highest BCUT2D eigenvalue weighted by Crippen LogP contribution is 2.44.